The maximum Gasteiger partial charge on any atom is 0.256 e. The largest absolute Gasteiger partial charge is 0.504 e. The maximum atomic E-state index is 12.3. The first kappa shape index (κ1) is 14.4. The summed E-state index contributed by atoms with van der Waals surface area (Å²) in [5.41, 5.74) is 0.948. The van der Waals surface area contributed by atoms with E-state index in [-0.39, 0.29) is 11.7 Å². The number of carbonyl (C=O) groups is 1. The number of aromatic hydroxyl groups is 1. The lowest BCUT2D eigenvalue weighted by atomic mass is 9.95. The van der Waals surface area contributed by atoms with Gasteiger partial charge in [0.1, 0.15) is 5.75 Å². The number of fused-ring (bicyclic) bond motifs is 2. The summed E-state index contributed by atoms with van der Waals surface area (Å²) in [5.74, 6) is 1.07. The molecule has 2 N–H and O–H groups in total. The molecule has 1 heterocycles. The van der Waals surface area contributed by atoms with Crippen LogP contribution in [-0.4, -0.2) is 32.3 Å². The van der Waals surface area contributed by atoms with Crippen molar-refractivity contribution in [1.29, 1.82) is 0 Å². The van der Waals surface area contributed by atoms with Gasteiger partial charge in [-0.2, -0.15) is 0 Å². The van der Waals surface area contributed by atoms with Crippen molar-refractivity contribution in [3.05, 3.63) is 29.8 Å². The van der Waals surface area contributed by atoms with E-state index < -0.39 is 0 Å². The number of anilines is 1. The van der Waals surface area contributed by atoms with Crippen molar-refractivity contribution >= 4 is 33.1 Å². The summed E-state index contributed by atoms with van der Waals surface area (Å²) in [6.45, 7) is 0. The molecule has 0 atom stereocenters. The molecule has 0 saturated carbocycles. The Morgan fingerprint density at radius 1 is 0.958 bits per heavy atom. The minimum atomic E-state index is -0.291. The first-order valence-corrected chi connectivity index (χ1v) is 7.34. The molecule has 0 radical (unpaired) electrons. The van der Waals surface area contributed by atoms with E-state index in [0.29, 0.717) is 44.7 Å². The van der Waals surface area contributed by atoms with Crippen molar-refractivity contribution in [2.75, 3.05) is 26.6 Å². The third kappa shape index (κ3) is 1.62. The molecule has 6 heteroatoms. The van der Waals surface area contributed by atoms with Gasteiger partial charge in [-0.25, -0.2) is 0 Å². The minimum absolute atomic E-state index is 0.0858. The van der Waals surface area contributed by atoms with Gasteiger partial charge in [0.2, 0.25) is 0 Å². The van der Waals surface area contributed by atoms with Crippen molar-refractivity contribution in [3.8, 4) is 23.0 Å². The highest BCUT2D eigenvalue weighted by molar-refractivity contribution is 6.33. The summed E-state index contributed by atoms with van der Waals surface area (Å²) in [5, 5.41) is 15.9. The third-order valence-corrected chi connectivity index (χ3v) is 4.37. The highest BCUT2D eigenvalue weighted by atomic mass is 16.5. The SMILES string of the molecule is COc1cccc2c1c(OC)c1c3c(cc(O)c(OC)c32)C(=O)N1. The lowest BCUT2D eigenvalue weighted by Gasteiger charge is -2.17. The molecule has 0 unspecified atom stereocenters. The van der Waals surface area contributed by atoms with Crippen molar-refractivity contribution in [1.82, 2.24) is 0 Å². The zero-order valence-electron chi connectivity index (χ0n) is 13.4. The Balaban J connectivity index is 2.37. The maximum absolute atomic E-state index is 12.3. The number of amides is 1. The highest BCUT2D eigenvalue weighted by Crippen LogP contribution is 2.53. The summed E-state index contributed by atoms with van der Waals surface area (Å²) in [6.07, 6.45) is 0. The van der Waals surface area contributed by atoms with E-state index in [0.717, 1.165) is 5.39 Å². The quantitative estimate of drug-likeness (QED) is 0.723. The number of hydrogen-bond donors (Lipinski definition) is 2. The first-order valence-electron chi connectivity index (χ1n) is 7.34. The Morgan fingerprint density at radius 3 is 2.38 bits per heavy atom. The van der Waals surface area contributed by atoms with E-state index in [1.54, 1.807) is 14.2 Å². The molecule has 0 fully saturated rings. The molecule has 0 aliphatic carbocycles. The van der Waals surface area contributed by atoms with E-state index in [1.165, 1.54) is 13.2 Å². The van der Waals surface area contributed by atoms with Gasteiger partial charge in [-0.05, 0) is 12.1 Å². The average Bonchev–Trinajstić information content (AvgIpc) is 2.91. The molecule has 6 nitrogen and oxygen atoms in total. The number of methoxy groups -OCH3 is 3. The van der Waals surface area contributed by atoms with E-state index in [1.807, 2.05) is 18.2 Å². The number of hydrogen-bond acceptors (Lipinski definition) is 5. The van der Waals surface area contributed by atoms with Gasteiger partial charge in [-0.1, -0.05) is 12.1 Å². The molecule has 3 aromatic carbocycles. The van der Waals surface area contributed by atoms with E-state index >= 15 is 0 Å². The van der Waals surface area contributed by atoms with E-state index in [4.69, 9.17) is 14.2 Å². The monoisotopic (exact) mass is 325 g/mol. The number of phenolic OH excluding ortho intramolecular Hbond substituents is 1. The topological polar surface area (TPSA) is 77.0 Å². The molecule has 1 aliphatic rings. The summed E-state index contributed by atoms with van der Waals surface area (Å²) in [7, 11) is 4.60. The summed E-state index contributed by atoms with van der Waals surface area (Å²) in [4.78, 5) is 12.3. The molecule has 4 rings (SSSR count). The summed E-state index contributed by atoms with van der Waals surface area (Å²) in [6, 6.07) is 6.96. The van der Waals surface area contributed by atoms with Crippen LogP contribution >= 0.6 is 0 Å². The van der Waals surface area contributed by atoms with Gasteiger partial charge < -0.3 is 24.6 Å². The van der Waals surface area contributed by atoms with Crippen LogP contribution in [0, 0.1) is 0 Å². The van der Waals surface area contributed by atoms with Crippen LogP contribution in [0.3, 0.4) is 0 Å². The zero-order chi connectivity index (χ0) is 17.0. The van der Waals surface area contributed by atoms with Gasteiger partial charge in [0.15, 0.2) is 17.2 Å². The molecule has 0 aromatic heterocycles. The van der Waals surface area contributed by atoms with Crippen LogP contribution in [0.15, 0.2) is 24.3 Å². The van der Waals surface area contributed by atoms with Gasteiger partial charge in [0, 0.05) is 16.2 Å². The Labute approximate surface area is 137 Å². The molecule has 24 heavy (non-hydrogen) atoms. The average molecular weight is 325 g/mol. The molecular formula is C18H15NO5. The lowest BCUT2D eigenvalue weighted by Crippen LogP contribution is -2.05. The lowest BCUT2D eigenvalue weighted by molar-refractivity contribution is 0.103. The number of carbonyl (C=O) groups excluding carboxylic acids is 1. The van der Waals surface area contributed by atoms with E-state index in [9.17, 15) is 9.90 Å². The fourth-order valence-corrected chi connectivity index (χ4v) is 3.44. The number of ether oxygens (including phenoxy) is 3. The molecule has 0 spiro atoms. The minimum Gasteiger partial charge on any atom is -0.504 e. The summed E-state index contributed by atoms with van der Waals surface area (Å²) >= 11 is 0. The Bertz CT molecular complexity index is 1030. The van der Waals surface area contributed by atoms with Gasteiger partial charge in [-0.3, -0.25) is 4.79 Å². The highest BCUT2D eigenvalue weighted by Gasteiger charge is 2.31. The molecule has 1 amide bonds. The van der Waals surface area contributed by atoms with Crippen LogP contribution in [0.2, 0.25) is 0 Å². The Morgan fingerprint density at radius 2 is 1.71 bits per heavy atom. The molecule has 0 saturated heterocycles. The number of benzene rings is 3. The fraction of sp³-hybridized carbons (Fsp3) is 0.167. The first-order chi connectivity index (χ1) is 11.6. The van der Waals surface area contributed by atoms with Crippen LogP contribution in [0.25, 0.3) is 21.5 Å². The van der Waals surface area contributed by atoms with Gasteiger partial charge in [0.05, 0.1) is 38.0 Å². The van der Waals surface area contributed by atoms with Crippen molar-refractivity contribution in [3.63, 3.8) is 0 Å². The number of nitrogens with one attached hydrogen (secondary N) is 1. The van der Waals surface area contributed by atoms with Gasteiger partial charge in [-0.15, -0.1) is 0 Å². The van der Waals surface area contributed by atoms with Crippen LogP contribution < -0.4 is 19.5 Å². The molecule has 3 aromatic rings. The molecule has 1 aliphatic heterocycles. The molecule has 0 bridgehead atoms. The predicted octanol–water partition coefficient (Wildman–Crippen LogP) is 3.29. The van der Waals surface area contributed by atoms with Crippen molar-refractivity contribution in [2.45, 2.75) is 0 Å². The van der Waals surface area contributed by atoms with Crippen LogP contribution in [-0.2, 0) is 0 Å². The van der Waals surface area contributed by atoms with Crippen molar-refractivity contribution < 1.29 is 24.1 Å². The van der Waals surface area contributed by atoms with Crippen molar-refractivity contribution in [2.24, 2.45) is 0 Å². The molecule has 122 valence electrons. The third-order valence-electron chi connectivity index (χ3n) is 4.37. The van der Waals surface area contributed by atoms with E-state index in [2.05, 4.69) is 5.32 Å². The summed E-state index contributed by atoms with van der Waals surface area (Å²) < 4.78 is 16.5. The standard InChI is InChI=1S/C18H15NO5/c1-22-11-6-4-5-8-12(11)17(24-3)15-13-9(18(21)19-15)7-10(20)16(23-2)14(8)13/h4-7,20H,1-3H3,(H,19,21). The number of phenols is 1. The van der Waals surface area contributed by atoms with Gasteiger partial charge in [0.25, 0.3) is 5.91 Å². The van der Waals surface area contributed by atoms with Crippen LogP contribution in [0.5, 0.6) is 23.0 Å². The molecular weight excluding hydrogens is 310 g/mol. The second-order valence-corrected chi connectivity index (χ2v) is 5.47. The van der Waals surface area contributed by atoms with Gasteiger partial charge >= 0.3 is 0 Å². The smallest absolute Gasteiger partial charge is 0.256 e. The second-order valence-electron chi connectivity index (χ2n) is 5.47. The Kier molecular flexibility index (Phi) is 2.96. The Hall–Kier alpha value is -3.15. The second kappa shape index (κ2) is 4.92. The van der Waals surface area contributed by atoms with Crippen LogP contribution in [0.4, 0.5) is 5.69 Å². The fourth-order valence-electron chi connectivity index (χ4n) is 3.44. The normalized spacial score (nSPS) is 12.5. The van der Waals surface area contributed by atoms with Crippen LogP contribution in [0.1, 0.15) is 10.4 Å². The number of rotatable bonds is 3. The zero-order valence-corrected chi connectivity index (χ0v) is 13.4. The predicted molar refractivity (Wildman–Crippen MR) is 90.7 cm³/mol.